The number of amides is 1. The van der Waals surface area contributed by atoms with Gasteiger partial charge >= 0.3 is 5.97 Å². The molecule has 0 fully saturated rings. The maximum atomic E-state index is 12.9. The number of ether oxygens (including phenoxy) is 4. The molecule has 0 radical (unpaired) electrons. The number of allylic oxidation sites excluding steroid dienone is 1. The molecule has 9 nitrogen and oxygen atoms in total. The molecule has 2 aromatic rings. The highest BCUT2D eigenvalue weighted by Gasteiger charge is 2.32. The largest absolute Gasteiger partial charge is 0.493 e. The van der Waals surface area contributed by atoms with E-state index in [0.717, 1.165) is 5.56 Å². The first kappa shape index (κ1) is 28.2. The first-order valence-electron chi connectivity index (χ1n) is 11.4. The summed E-state index contributed by atoms with van der Waals surface area (Å²) >= 11 is 7.37. The van der Waals surface area contributed by atoms with Gasteiger partial charge in [0.25, 0.3) is 0 Å². The Labute approximate surface area is 225 Å². The van der Waals surface area contributed by atoms with E-state index in [0.29, 0.717) is 50.0 Å². The monoisotopic (exact) mass is 547 g/mol. The molecule has 0 aromatic heterocycles. The van der Waals surface area contributed by atoms with Crippen LogP contribution in [-0.2, 0) is 14.3 Å². The van der Waals surface area contributed by atoms with Crippen molar-refractivity contribution in [1.82, 2.24) is 5.32 Å². The van der Waals surface area contributed by atoms with Crippen molar-refractivity contribution in [1.29, 1.82) is 0 Å². The first-order valence-corrected chi connectivity index (χ1v) is 12.8. The summed E-state index contributed by atoms with van der Waals surface area (Å²) in [7, 11) is 4.55. The van der Waals surface area contributed by atoms with Gasteiger partial charge in [-0.1, -0.05) is 29.4 Å². The van der Waals surface area contributed by atoms with Gasteiger partial charge in [0.2, 0.25) is 11.7 Å². The van der Waals surface area contributed by atoms with E-state index in [4.69, 9.17) is 35.5 Å². The lowest BCUT2D eigenvalue weighted by molar-refractivity contribution is -0.139. The summed E-state index contributed by atoms with van der Waals surface area (Å²) in [4.78, 5) is 30.2. The number of thioether (sulfide) groups is 1. The molecular formula is C26H30ClN3O6S. The Morgan fingerprint density at radius 3 is 2.32 bits per heavy atom. The molecule has 0 bridgehead atoms. The smallest absolute Gasteiger partial charge is 0.338 e. The van der Waals surface area contributed by atoms with Crippen molar-refractivity contribution in [3.8, 4) is 17.2 Å². The van der Waals surface area contributed by atoms with Gasteiger partial charge < -0.3 is 29.6 Å². The van der Waals surface area contributed by atoms with Crippen molar-refractivity contribution in [3.63, 3.8) is 0 Å². The second-order valence-corrected chi connectivity index (χ2v) is 9.35. The molecular weight excluding hydrogens is 518 g/mol. The van der Waals surface area contributed by atoms with Crippen LogP contribution in [0.4, 0.5) is 5.69 Å². The highest BCUT2D eigenvalue weighted by Crippen LogP contribution is 2.43. The van der Waals surface area contributed by atoms with Gasteiger partial charge in [0.05, 0.1) is 39.3 Å². The molecule has 0 saturated heterocycles. The number of hydrogen-bond donors (Lipinski definition) is 2. The summed E-state index contributed by atoms with van der Waals surface area (Å²) < 4.78 is 21.7. The lowest BCUT2D eigenvalue weighted by Gasteiger charge is -2.26. The number of methoxy groups -OCH3 is 3. The molecule has 2 aromatic carbocycles. The number of halogens is 1. The molecule has 1 atom stereocenters. The number of aryl methyl sites for hydroxylation is 1. The molecule has 0 saturated carbocycles. The van der Waals surface area contributed by atoms with Crippen LogP contribution in [0.1, 0.15) is 31.0 Å². The van der Waals surface area contributed by atoms with Crippen LogP contribution in [0.15, 0.2) is 46.6 Å². The number of esters is 1. The van der Waals surface area contributed by atoms with Crippen LogP contribution in [0.5, 0.6) is 17.2 Å². The summed E-state index contributed by atoms with van der Waals surface area (Å²) in [5, 5.41) is 7.00. The van der Waals surface area contributed by atoms with E-state index in [2.05, 4.69) is 10.6 Å². The minimum Gasteiger partial charge on any atom is -0.493 e. The van der Waals surface area contributed by atoms with Crippen molar-refractivity contribution < 1.29 is 28.5 Å². The van der Waals surface area contributed by atoms with Crippen molar-refractivity contribution >= 4 is 46.1 Å². The average Bonchev–Trinajstić information content (AvgIpc) is 2.88. The number of hydrogen-bond acceptors (Lipinski definition) is 9. The fourth-order valence-electron chi connectivity index (χ4n) is 3.70. The van der Waals surface area contributed by atoms with E-state index in [9.17, 15) is 9.59 Å². The minimum atomic E-state index is -0.726. The van der Waals surface area contributed by atoms with Crippen LogP contribution in [0.25, 0.3) is 0 Å². The third kappa shape index (κ3) is 6.69. The summed E-state index contributed by atoms with van der Waals surface area (Å²) in [5.74, 6) is 0.645. The quantitative estimate of drug-likeness (QED) is 0.428. The maximum absolute atomic E-state index is 12.9. The molecule has 37 heavy (non-hydrogen) atoms. The molecule has 198 valence electrons. The number of amidine groups is 1. The van der Waals surface area contributed by atoms with Crippen LogP contribution in [0.2, 0.25) is 5.02 Å². The summed E-state index contributed by atoms with van der Waals surface area (Å²) in [5.41, 5.74) is 3.08. The molecule has 1 heterocycles. The zero-order chi connectivity index (χ0) is 27.1. The topological polar surface area (TPSA) is 107 Å². The summed E-state index contributed by atoms with van der Waals surface area (Å²) in [6.07, 6.45) is 0. The van der Waals surface area contributed by atoms with Crippen molar-refractivity contribution in [2.45, 2.75) is 26.8 Å². The lowest BCUT2D eigenvalue weighted by Crippen LogP contribution is -2.31. The van der Waals surface area contributed by atoms with Crippen molar-refractivity contribution in [2.75, 3.05) is 39.0 Å². The molecule has 11 heteroatoms. The fraction of sp³-hybridized carbons (Fsp3) is 0.346. The number of rotatable bonds is 9. The Hall–Kier alpha value is -3.37. The third-order valence-electron chi connectivity index (χ3n) is 5.51. The molecule has 2 N–H and O–H groups in total. The Kier molecular flexibility index (Phi) is 9.71. The second-order valence-electron chi connectivity index (χ2n) is 7.98. The molecule has 1 aliphatic heterocycles. The van der Waals surface area contributed by atoms with E-state index in [-0.39, 0.29) is 18.3 Å². The summed E-state index contributed by atoms with van der Waals surface area (Å²) in [6, 6.07) is 8.08. The highest BCUT2D eigenvalue weighted by atomic mass is 35.5. The van der Waals surface area contributed by atoms with Gasteiger partial charge in [0, 0.05) is 16.4 Å². The molecule has 1 amide bonds. The van der Waals surface area contributed by atoms with Gasteiger partial charge in [-0.15, -0.1) is 0 Å². The van der Waals surface area contributed by atoms with Gasteiger partial charge in [-0.3, -0.25) is 4.79 Å². The standard InChI is InChI=1S/C26H30ClN3O6S/c1-7-36-25(32)22-15(3)28-26(37-13-21(31)29-17-9-8-14(2)18(27)12-17)30-23(22)16-10-19(33-4)24(35-6)20(11-16)34-5/h8-12,23H,7,13H2,1-6H3,(H,28,30)(H,29,31)/t23-/m0/s1. The van der Waals surface area contributed by atoms with Gasteiger partial charge in [0.1, 0.15) is 6.04 Å². The zero-order valence-corrected chi connectivity index (χ0v) is 23.1. The van der Waals surface area contributed by atoms with E-state index < -0.39 is 12.0 Å². The van der Waals surface area contributed by atoms with E-state index in [1.54, 1.807) is 38.1 Å². The number of nitrogens with zero attached hydrogens (tertiary/aromatic N) is 1. The number of aliphatic imine (C=N–C) groups is 1. The first-order chi connectivity index (χ1) is 17.7. The van der Waals surface area contributed by atoms with Crippen LogP contribution in [0.3, 0.4) is 0 Å². The van der Waals surface area contributed by atoms with Crippen molar-refractivity contribution in [2.24, 2.45) is 4.99 Å². The SMILES string of the molecule is CCOC(=O)C1=C(C)NC(SCC(=O)Nc2ccc(C)c(Cl)c2)=N[C@H]1c1cc(OC)c(OC)c(OC)c1. The second kappa shape index (κ2) is 12.7. The molecule has 0 aliphatic carbocycles. The molecule has 3 rings (SSSR count). The number of anilines is 1. The third-order valence-corrected chi connectivity index (χ3v) is 6.81. The fourth-order valence-corrected chi connectivity index (χ4v) is 4.62. The van der Waals surface area contributed by atoms with Gasteiger partial charge in [-0.05, 0) is 56.2 Å². The zero-order valence-electron chi connectivity index (χ0n) is 21.6. The Balaban J connectivity index is 1.90. The Bertz CT molecular complexity index is 1220. The molecule has 1 aliphatic rings. The van der Waals surface area contributed by atoms with E-state index in [1.807, 2.05) is 13.0 Å². The van der Waals surface area contributed by atoms with Gasteiger partial charge in [-0.25, -0.2) is 9.79 Å². The molecule has 0 unspecified atom stereocenters. The Morgan fingerprint density at radius 2 is 1.76 bits per heavy atom. The van der Waals surface area contributed by atoms with Crippen molar-refractivity contribution in [3.05, 3.63) is 57.8 Å². The summed E-state index contributed by atoms with van der Waals surface area (Å²) in [6.45, 7) is 5.61. The normalized spacial score (nSPS) is 14.9. The highest BCUT2D eigenvalue weighted by molar-refractivity contribution is 8.14. The van der Waals surface area contributed by atoms with Crippen LogP contribution in [-0.4, -0.2) is 50.7 Å². The average molecular weight is 548 g/mol. The number of benzene rings is 2. The maximum Gasteiger partial charge on any atom is 0.338 e. The van der Waals surface area contributed by atoms with E-state index >= 15 is 0 Å². The van der Waals surface area contributed by atoms with E-state index in [1.165, 1.54) is 33.1 Å². The van der Waals surface area contributed by atoms with Gasteiger partial charge in [-0.2, -0.15) is 0 Å². The molecule has 0 spiro atoms. The predicted octanol–water partition coefficient (Wildman–Crippen LogP) is 4.88. The Morgan fingerprint density at radius 1 is 1.08 bits per heavy atom. The minimum absolute atomic E-state index is 0.0846. The van der Waals surface area contributed by atoms with Gasteiger partial charge in [0.15, 0.2) is 16.7 Å². The van der Waals surface area contributed by atoms with Crippen LogP contribution >= 0.6 is 23.4 Å². The number of carbonyl (C=O) groups is 2. The van der Waals surface area contributed by atoms with Crippen LogP contribution < -0.4 is 24.8 Å². The number of nitrogens with one attached hydrogen (secondary N) is 2. The lowest BCUT2D eigenvalue weighted by atomic mass is 9.96. The number of carbonyl (C=O) groups excluding carboxylic acids is 2. The predicted molar refractivity (Wildman–Crippen MR) is 146 cm³/mol. The van der Waals surface area contributed by atoms with Crippen LogP contribution in [0, 0.1) is 6.92 Å².